The zero-order valence-corrected chi connectivity index (χ0v) is 14.8. The summed E-state index contributed by atoms with van der Waals surface area (Å²) in [6.07, 6.45) is 1.74. The van der Waals surface area contributed by atoms with E-state index in [1.807, 2.05) is 18.2 Å². The summed E-state index contributed by atoms with van der Waals surface area (Å²) in [6, 6.07) is 8.37. The maximum absolute atomic E-state index is 12.7. The Bertz CT molecular complexity index is 1020. The first-order valence-electron chi connectivity index (χ1n) is 7.44. The minimum Gasteiger partial charge on any atom is -0.497 e. The van der Waals surface area contributed by atoms with Crippen molar-refractivity contribution in [3.05, 3.63) is 53.5 Å². The van der Waals surface area contributed by atoms with Crippen molar-refractivity contribution in [2.75, 3.05) is 11.8 Å². The highest BCUT2D eigenvalue weighted by Gasteiger charge is 2.18. The van der Waals surface area contributed by atoms with E-state index in [0.717, 1.165) is 17.0 Å². The van der Waals surface area contributed by atoms with Crippen LogP contribution < -0.4 is 9.46 Å². The van der Waals surface area contributed by atoms with Crippen LogP contribution in [0.15, 0.2) is 41.4 Å². The Morgan fingerprint density at radius 3 is 2.54 bits per heavy atom. The van der Waals surface area contributed by atoms with Gasteiger partial charge in [0.15, 0.2) is 0 Å². The largest absolute Gasteiger partial charge is 0.497 e. The van der Waals surface area contributed by atoms with Crippen molar-refractivity contribution in [3.63, 3.8) is 0 Å². The molecule has 0 fully saturated rings. The van der Waals surface area contributed by atoms with Crippen LogP contribution in [0, 0.1) is 20.8 Å². The van der Waals surface area contributed by atoms with Gasteiger partial charge in [-0.2, -0.15) is 0 Å². The second kappa shape index (κ2) is 5.83. The van der Waals surface area contributed by atoms with E-state index >= 15 is 0 Å². The van der Waals surface area contributed by atoms with Crippen LogP contribution in [0.1, 0.15) is 17.0 Å². The molecule has 0 amide bonds. The summed E-state index contributed by atoms with van der Waals surface area (Å²) in [5.74, 6) is 0.623. The number of methoxy groups -OCH3 is 1. The van der Waals surface area contributed by atoms with E-state index in [-0.39, 0.29) is 4.90 Å². The molecule has 7 heteroatoms. The average molecular weight is 345 g/mol. The second-order valence-electron chi connectivity index (χ2n) is 5.67. The number of hydrogen-bond donors (Lipinski definition) is 1. The number of nitrogens with one attached hydrogen (secondary N) is 1. The number of pyridine rings is 1. The van der Waals surface area contributed by atoms with Gasteiger partial charge in [0.1, 0.15) is 11.4 Å². The lowest BCUT2D eigenvalue weighted by atomic mass is 10.2. The fourth-order valence-electron chi connectivity index (χ4n) is 2.60. The zero-order chi connectivity index (χ0) is 17.5. The maximum Gasteiger partial charge on any atom is 0.262 e. The van der Waals surface area contributed by atoms with Gasteiger partial charge >= 0.3 is 0 Å². The van der Waals surface area contributed by atoms with Crippen molar-refractivity contribution >= 4 is 21.4 Å². The molecular weight excluding hydrogens is 326 g/mol. The van der Waals surface area contributed by atoms with Gasteiger partial charge in [-0.1, -0.05) is 0 Å². The molecule has 0 aliphatic rings. The van der Waals surface area contributed by atoms with Crippen LogP contribution in [0.2, 0.25) is 0 Å². The molecule has 0 saturated heterocycles. The number of fused-ring (bicyclic) bond motifs is 1. The Hall–Kier alpha value is -2.54. The van der Waals surface area contributed by atoms with Crippen molar-refractivity contribution in [1.29, 1.82) is 0 Å². The summed E-state index contributed by atoms with van der Waals surface area (Å²) in [6.45, 7) is 5.61. The predicted octanol–water partition coefficient (Wildman–Crippen LogP) is 3.07. The number of rotatable bonds is 4. The third-order valence-electron chi connectivity index (χ3n) is 4.02. The van der Waals surface area contributed by atoms with Gasteiger partial charge in [0.2, 0.25) is 0 Å². The molecule has 0 spiro atoms. The molecule has 2 heterocycles. The number of aryl methyl sites for hydroxylation is 3. The smallest absolute Gasteiger partial charge is 0.262 e. The Morgan fingerprint density at radius 1 is 1.12 bits per heavy atom. The predicted molar refractivity (Wildman–Crippen MR) is 93.2 cm³/mol. The van der Waals surface area contributed by atoms with E-state index in [1.165, 1.54) is 0 Å². The number of ether oxygens (including phenoxy) is 1. The van der Waals surface area contributed by atoms with E-state index < -0.39 is 10.0 Å². The van der Waals surface area contributed by atoms with E-state index in [4.69, 9.17) is 4.74 Å². The van der Waals surface area contributed by atoms with Crippen molar-refractivity contribution in [1.82, 2.24) is 9.38 Å². The first-order chi connectivity index (χ1) is 11.3. The molecule has 0 aliphatic heterocycles. The van der Waals surface area contributed by atoms with Crippen molar-refractivity contribution < 1.29 is 13.2 Å². The van der Waals surface area contributed by atoms with Crippen LogP contribution in [-0.2, 0) is 10.0 Å². The standard InChI is InChI=1S/C17H19N3O3S/c1-11-9-15(23-4)6-7-16(11)24(21,22)19-14-5-8-17-18-12(2)13(3)20(17)10-14/h5-10,19H,1-4H3. The summed E-state index contributed by atoms with van der Waals surface area (Å²) in [5, 5.41) is 0. The third-order valence-corrected chi connectivity index (χ3v) is 5.56. The van der Waals surface area contributed by atoms with Gasteiger partial charge in [0.25, 0.3) is 10.0 Å². The third kappa shape index (κ3) is 2.82. The van der Waals surface area contributed by atoms with Crippen molar-refractivity contribution in [3.8, 4) is 5.75 Å². The highest BCUT2D eigenvalue weighted by molar-refractivity contribution is 7.92. The molecule has 0 unspecified atom stereocenters. The molecule has 3 aromatic rings. The minimum absolute atomic E-state index is 0.224. The summed E-state index contributed by atoms with van der Waals surface area (Å²) < 4.78 is 35.0. The zero-order valence-electron chi connectivity index (χ0n) is 14.0. The number of benzene rings is 1. The van der Waals surface area contributed by atoms with Crippen molar-refractivity contribution in [2.45, 2.75) is 25.7 Å². The van der Waals surface area contributed by atoms with Gasteiger partial charge in [-0.3, -0.25) is 4.72 Å². The van der Waals surface area contributed by atoms with Gasteiger partial charge in [-0.05, 0) is 56.7 Å². The van der Waals surface area contributed by atoms with Gasteiger partial charge in [0, 0.05) is 11.9 Å². The molecule has 2 aromatic heterocycles. The highest BCUT2D eigenvalue weighted by atomic mass is 32.2. The van der Waals surface area contributed by atoms with Gasteiger partial charge in [0.05, 0.1) is 23.4 Å². The topological polar surface area (TPSA) is 72.7 Å². The van der Waals surface area contributed by atoms with E-state index in [2.05, 4.69) is 9.71 Å². The summed E-state index contributed by atoms with van der Waals surface area (Å²) in [7, 11) is -2.14. The molecule has 0 radical (unpaired) electrons. The van der Waals surface area contributed by atoms with Crippen LogP contribution in [0.5, 0.6) is 5.75 Å². The molecule has 126 valence electrons. The van der Waals surface area contributed by atoms with Gasteiger partial charge < -0.3 is 9.14 Å². The molecule has 0 saturated carbocycles. The van der Waals surface area contributed by atoms with Crippen LogP contribution in [0.25, 0.3) is 5.65 Å². The lowest BCUT2D eigenvalue weighted by Gasteiger charge is -2.12. The van der Waals surface area contributed by atoms with E-state index in [9.17, 15) is 8.42 Å². The van der Waals surface area contributed by atoms with Crippen LogP contribution in [-0.4, -0.2) is 24.9 Å². The number of hydrogen-bond acceptors (Lipinski definition) is 4. The molecule has 0 atom stereocenters. The Balaban J connectivity index is 1.99. The van der Waals surface area contributed by atoms with E-state index in [1.54, 1.807) is 50.6 Å². The van der Waals surface area contributed by atoms with Crippen LogP contribution in [0.3, 0.4) is 0 Å². The number of sulfonamides is 1. The quantitative estimate of drug-likeness (QED) is 0.789. The summed E-state index contributed by atoms with van der Waals surface area (Å²) >= 11 is 0. The Morgan fingerprint density at radius 2 is 1.88 bits per heavy atom. The lowest BCUT2D eigenvalue weighted by Crippen LogP contribution is -2.14. The minimum atomic E-state index is -3.68. The molecule has 6 nitrogen and oxygen atoms in total. The fourth-order valence-corrected chi connectivity index (χ4v) is 3.87. The number of imidazole rings is 1. The van der Waals surface area contributed by atoms with Crippen LogP contribution >= 0.6 is 0 Å². The molecule has 3 rings (SSSR count). The van der Waals surface area contributed by atoms with Gasteiger partial charge in [-0.25, -0.2) is 13.4 Å². The maximum atomic E-state index is 12.7. The Labute approximate surface area is 141 Å². The first-order valence-corrected chi connectivity index (χ1v) is 8.93. The van der Waals surface area contributed by atoms with E-state index in [0.29, 0.717) is 17.0 Å². The molecule has 0 bridgehead atoms. The Kier molecular flexibility index (Phi) is 3.96. The number of nitrogens with zero attached hydrogens (tertiary/aromatic N) is 2. The molecular formula is C17H19N3O3S. The summed E-state index contributed by atoms with van der Waals surface area (Å²) in [5.41, 5.74) is 3.79. The number of anilines is 1. The first kappa shape index (κ1) is 16.3. The fraction of sp³-hybridized carbons (Fsp3) is 0.235. The van der Waals surface area contributed by atoms with Crippen LogP contribution in [0.4, 0.5) is 5.69 Å². The average Bonchev–Trinajstić information content (AvgIpc) is 2.81. The van der Waals surface area contributed by atoms with Gasteiger partial charge in [-0.15, -0.1) is 0 Å². The molecule has 0 aliphatic carbocycles. The summed E-state index contributed by atoms with van der Waals surface area (Å²) in [4.78, 5) is 4.64. The number of aromatic nitrogens is 2. The highest BCUT2D eigenvalue weighted by Crippen LogP contribution is 2.24. The molecule has 1 aromatic carbocycles. The molecule has 24 heavy (non-hydrogen) atoms. The second-order valence-corrected chi connectivity index (χ2v) is 7.32. The monoisotopic (exact) mass is 345 g/mol. The van der Waals surface area contributed by atoms with Crippen molar-refractivity contribution in [2.24, 2.45) is 0 Å². The lowest BCUT2D eigenvalue weighted by molar-refractivity contribution is 0.414. The normalized spacial score (nSPS) is 11.7. The SMILES string of the molecule is COc1ccc(S(=O)(=O)Nc2ccc3nc(C)c(C)n3c2)c(C)c1. The molecule has 1 N–H and O–H groups in total.